The Kier molecular flexibility index (Phi) is 8.06. The zero-order valence-corrected chi connectivity index (χ0v) is 18.7. The molecular formula is C23H28N4O3S. The first-order chi connectivity index (χ1) is 15.0. The van der Waals surface area contributed by atoms with Crippen LogP contribution in [0.1, 0.15) is 41.7 Å². The Morgan fingerprint density at radius 3 is 2.48 bits per heavy atom. The van der Waals surface area contributed by atoms with Gasteiger partial charge in [-0.1, -0.05) is 30.3 Å². The van der Waals surface area contributed by atoms with Crippen LogP contribution in [0.15, 0.2) is 53.7 Å². The fourth-order valence-electron chi connectivity index (χ4n) is 3.63. The van der Waals surface area contributed by atoms with Gasteiger partial charge in [-0.25, -0.2) is 4.98 Å². The molecule has 3 amide bonds. The predicted molar refractivity (Wildman–Crippen MR) is 121 cm³/mol. The number of hydrogen-bond acceptors (Lipinski definition) is 5. The molecule has 2 N–H and O–H groups in total. The van der Waals surface area contributed by atoms with Crippen LogP contribution in [-0.2, 0) is 9.59 Å². The Labute approximate surface area is 187 Å². The van der Waals surface area contributed by atoms with Gasteiger partial charge in [-0.2, -0.15) is 0 Å². The van der Waals surface area contributed by atoms with E-state index in [1.54, 1.807) is 12.3 Å². The number of benzene rings is 1. The molecular weight excluding hydrogens is 412 g/mol. The second-order valence-electron chi connectivity index (χ2n) is 7.61. The summed E-state index contributed by atoms with van der Waals surface area (Å²) in [5, 5.41) is 6.19. The number of likely N-dealkylation sites (tertiary alicyclic amines) is 1. The van der Waals surface area contributed by atoms with E-state index in [1.807, 2.05) is 54.5 Å². The molecule has 0 saturated carbocycles. The van der Waals surface area contributed by atoms with Crippen LogP contribution in [0.4, 0.5) is 0 Å². The van der Waals surface area contributed by atoms with Crippen molar-refractivity contribution in [1.29, 1.82) is 0 Å². The highest BCUT2D eigenvalue weighted by Crippen LogP contribution is 2.22. The molecule has 0 bridgehead atoms. The minimum absolute atomic E-state index is 0.00536. The van der Waals surface area contributed by atoms with Crippen molar-refractivity contribution in [1.82, 2.24) is 20.5 Å². The number of hydrogen-bond donors (Lipinski definition) is 2. The molecule has 1 aliphatic rings. The van der Waals surface area contributed by atoms with Gasteiger partial charge in [0.05, 0.1) is 11.6 Å². The second-order valence-corrected chi connectivity index (χ2v) is 8.41. The van der Waals surface area contributed by atoms with Crippen molar-refractivity contribution < 1.29 is 14.4 Å². The molecule has 0 radical (unpaired) electrons. The molecule has 8 heteroatoms. The third-order valence-electron chi connectivity index (χ3n) is 5.50. The summed E-state index contributed by atoms with van der Waals surface area (Å²) < 4.78 is 0. The third kappa shape index (κ3) is 6.07. The lowest BCUT2D eigenvalue weighted by Gasteiger charge is -2.32. The Morgan fingerprint density at radius 2 is 1.81 bits per heavy atom. The van der Waals surface area contributed by atoms with Crippen LogP contribution in [0.5, 0.6) is 0 Å². The van der Waals surface area contributed by atoms with Crippen molar-refractivity contribution in [2.75, 3.05) is 25.9 Å². The molecule has 1 unspecified atom stereocenters. The van der Waals surface area contributed by atoms with Gasteiger partial charge in [-0.15, -0.1) is 11.8 Å². The van der Waals surface area contributed by atoms with E-state index in [1.165, 1.54) is 11.8 Å². The summed E-state index contributed by atoms with van der Waals surface area (Å²) in [6.45, 7) is 3.52. The minimum Gasteiger partial charge on any atom is -0.348 e. The SMILES string of the molecule is CSc1ncccc1C(=O)N1CCC(CNC(=O)C(=O)NC(C)c2ccccc2)CC1. The van der Waals surface area contributed by atoms with Crippen molar-refractivity contribution in [2.45, 2.75) is 30.8 Å². The molecule has 7 nitrogen and oxygen atoms in total. The van der Waals surface area contributed by atoms with Crippen molar-refractivity contribution in [3.05, 3.63) is 59.8 Å². The monoisotopic (exact) mass is 440 g/mol. The lowest BCUT2D eigenvalue weighted by atomic mass is 9.96. The summed E-state index contributed by atoms with van der Waals surface area (Å²) in [6, 6.07) is 12.9. The highest BCUT2D eigenvalue weighted by Gasteiger charge is 2.26. The average molecular weight is 441 g/mol. The van der Waals surface area contributed by atoms with E-state index in [2.05, 4.69) is 15.6 Å². The highest BCUT2D eigenvalue weighted by molar-refractivity contribution is 7.98. The number of carbonyl (C=O) groups is 3. The van der Waals surface area contributed by atoms with Gasteiger partial charge in [0.25, 0.3) is 5.91 Å². The van der Waals surface area contributed by atoms with Gasteiger partial charge >= 0.3 is 11.8 Å². The number of aromatic nitrogens is 1. The number of nitrogens with one attached hydrogen (secondary N) is 2. The topological polar surface area (TPSA) is 91.4 Å². The van der Waals surface area contributed by atoms with Crippen molar-refractivity contribution in [3.63, 3.8) is 0 Å². The normalized spacial score (nSPS) is 15.2. The quantitative estimate of drug-likeness (QED) is 0.532. The summed E-state index contributed by atoms with van der Waals surface area (Å²) in [7, 11) is 0. The number of pyridine rings is 1. The zero-order valence-electron chi connectivity index (χ0n) is 17.8. The fourth-order valence-corrected chi connectivity index (χ4v) is 4.17. The second kappa shape index (κ2) is 10.9. The summed E-state index contributed by atoms with van der Waals surface area (Å²) in [5.74, 6) is -1.03. The molecule has 1 fully saturated rings. The maximum atomic E-state index is 12.8. The molecule has 2 aromatic rings. The minimum atomic E-state index is -0.634. The van der Waals surface area contributed by atoms with Gasteiger partial charge in [-0.05, 0) is 49.6 Å². The first kappa shape index (κ1) is 22.8. The van der Waals surface area contributed by atoms with E-state index in [4.69, 9.17) is 0 Å². The van der Waals surface area contributed by atoms with Crippen LogP contribution in [0.2, 0.25) is 0 Å². The first-order valence-corrected chi connectivity index (χ1v) is 11.6. The summed E-state index contributed by atoms with van der Waals surface area (Å²) in [4.78, 5) is 43.3. The highest BCUT2D eigenvalue weighted by atomic mass is 32.2. The standard InChI is InChI=1S/C23H28N4O3S/c1-16(18-7-4-3-5-8-18)26-21(29)20(28)25-15-17-10-13-27(14-11-17)23(30)19-9-6-12-24-22(19)31-2/h3-9,12,16-17H,10-11,13-15H2,1-2H3,(H,25,28)(H,26,29). The van der Waals surface area contributed by atoms with Crippen molar-refractivity contribution in [2.24, 2.45) is 5.92 Å². The summed E-state index contributed by atoms with van der Waals surface area (Å²) in [5.41, 5.74) is 1.57. The molecule has 0 aliphatic carbocycles. The summed E-state index contributed by atoms with van der Waals surface area (Å²) >= 11 is 1.46. The van der Waals surface area contributed by atoms with E-state index in [-0.39, 0.29) is 17.9 Å². The molecule has 164 valence electrons. The van der Waals surface area contributed by atoms with Gasteiger partial charge in [0.2, 0.25) is 0 Å². The zero-order chi connectivity index (χ0) is 22.2. The molecule has 1 aromatic carbocycles. The maximum Gasteiger partial charge on any atom is 0.309 e. The van der Waals surface area contributed by atoms with Crippen LogP contribution in [0.25, 0.3) is 0 Å². The lowest BCUT2D eigenvalue weighted by Crippen LogP contribution is -2.45. The molecule has 3 rings (SSSR count). The smallest absolute Gasteiger partial charge is 0.309 e. The van der Waals surface area contributed by atoms with Crippen LogP contribution < -0.4 is 10.6 Å². The van der Waals surface area contributed by atoms with Crippen molar-refractivity contribution in [3.8, 4) is 0 Å². The van der Waals surface area contributed by atoms with E-state index >= 15 is 0 Å². The fraction of sp³-hybridized carbons (Fsp3) is 0.391. The molecule has 1 atom stereocenters. The lowest BCUT2D eigenvalue weighted by molar-refractivity contribution is -0.139. The molecule has 2 heterocycles. The van der Waals surface area contributed by atoms with Gasteiger partial charge in [-0.3, -0.25) is 14.4 Å². The summed E-state index contributed by atoms with van der Waals surface area (Å²) in [6.07, 6.45) is 5.16. The van der Waals surface area contributed by atoms with Crippen LogP contribution in [0, 0.1) is 5.92 Å². The third-order valence-corrected chi connectivity index (χ3v) is 6.21. The number of rotatable bonds is 6. The number of piperidine rings is 1. The van der Waals surface area contributed by atoms with E-state index in [0.29, 0.717) is 25.2 Å². The van der Waals surface area contributed by atoms with E-state index < -0.39 is 11.8 Å². The van der Waals surface area contributed by atoms with Gasteiger partial charge in [0, 0.05) is 25.8 Å². The number of carbonyl (C=O) groups excluding carboxylic acids is 3. The molecule has 0 spiro atoms. The Bertz CT molecular complexity index is 914. The van der Waals surface area contributed by atoms with Crippen LogP contribution >= 0.6 is 11.8 Å². The largest absolute Gasteiger partial charge is 0.348 e. The number of amides is 3. The van der Waals surface area contributed by atoms with Gasteiger partial charge in [0.1, 0.15) is 5.03 Å². The van der Waals surface area contributed by atoms with Crippen LogP contribution in [-0.4, -0.2) is 53.5 Å². The number of nitrogens with zero attached hydrogens (tertiary/aromatic N) is 2. The molecule has 1 saturated heterocycles. The van der Waals surface area contributed by atoms with E-state index in [9.17, 15) is 14.4 Å². The predicted octanol–water partition coefficient (Wildman–Crippen LogP) is 2.65. The molecule has 31 heavy (non-hydrogen) atoms. The number of thioether (sulfide) groups is 1. The molecule has 1 aromatic heterocycles. The average Bonchev–Trinajstić information content (AvgIpc) is 2.82. The molecule has 1 aliphatic heterocycles. The maximum absolute atomic E-state index is 12.8. The van der Waals surface area contributed by atoms with Gasteiger partial charge < -0.3 is 15.5 Å². The Hall–Kier alpha value is -2.87. The van der Waals surface area contributed by atoms with Gasteiger partial charge in [0.15, 0.2) is 0 Å². The Balaban J connectivity index is 1.43. The Morgan fingerprint density at radius 1 is 1.10 bits per heavy atom. The van der Waals surface area contributed by atoms with Crippen molar-refractivity contribution >= 4 is 29.5 Å². The van der Waals surface area contributed by atoms with Crippen LogP contribution in [0.3, 0.4) is 0 Å². The van der Waals surface area contributed by atoms with E-state index in [0.717, 1.165) is 23.4 Å². The first-order valence-electron chi connectivity index (χ1n) is 10.4.